The Morgan fingerprint density at radius 3 is 2.59 bits per heavy atom. The van der Waals surface area contributed by atoms with Gasteiger partial charge < -0.3 is 14.6 Å². The molecular formula is C25H31N5O2. The number of fused-ring (bicyclic) bond motifs is 1. The first-order valence-electron chi connectivity index (χ1n) is 11.1. The molecular weight excluding hydrogens is 402 g/mol. The van der Waals surface area contributed by atoms with E-state index in [1.54, 1.807) is 0 Å². The van der Waals surface area contributed by atoms with Crippen LogP contribution in [0.15, 0.2) is 42.5 Å². The predicted molar refractivity (Wildman–Crippen MR) is 123 cm³/mol. The van der Waals surface area contributed by atoms with Crippen molar-refractivity contribution in [3.63, 3.8) is 0 Å². The molecule has 32 heavy (non-hydrogen) atoms. The van der Waals surface area contributed by atoms with Gasteiger partial charge in [-0.1, -0.05) is 30.3 Å². The predicted octanol–water partition coefficient (Wildman–Crippen LogP) is 2.96. The minimum Gasteiger partial charge on any atom is -0.484 e. The number of ether oxygens (including phenoxy) is 1. The monoisotopic (exact) mass is 433 g/mol. The fraction of sp³-hybridized carbons (Fsp3) is 0.400. The third kappa shape index (κ3) is 5.34. The molecule has 1 aliphatic rings. The molecule has 1 N–H and O–H groups in total. The van der Waals surface area contributed by atoms with Gasteiger partial charge in [0.05, 0.1) is 6.54 Å². The van der Waals surface area contributed by atoms with Crippen LogP contribution in [0.5, 0.6) is 5.75 Å². The van der Waals surface area contributed by atoms with Crippen LogP contribution in [-0.2, 0) is 30.8 Å². The van der Waals surface area contributed by atoms with Gasteiger partial charge in [0, 0.05) is 32.6 Å². The lowest BCUT2D eigenvalue weighted by Crippen LogP contribution is -2.30. The van der Waals surface area contributed by atoms with Crippen molar-refractivity contribution in [3.8, 4) is 5.75 Å². The van der Waals surface area contributed by atoms with Crippen LogP contribution in [0, 0.1) is 20.8 Å². The molecule has 2 aromatic carbocycles. The number of rotatable bonds is 7. The van der Waals surface area contributed by atoms with Crippen molar-refractivity contribution in [2.45, 2.75) is 46.8 Å². The van der Waals surface area contributed by atoms with Crippen molar-refractivity contribution >= 4 is 5.91 Å². The zero-order valence-corrected chi connectivity index (χ0v) is 19.1. The molecule has 1 aliphatic heterocycles. The third-order valence-corrected chi connectivity index (χ3v) is 6.10. The van der Waals surface area contributed by atoms with E-state index in [1.165, 1.54) is 22.3 Å². The standard InChI is InChI=1S/C25H31N5O2/c1-18-13-20(3)21(14-19(18)2)16-29-10-9-23-27-28-24(30(23)12-11-29)15-26-25(31)17-32-22-7-5-4-6-8-22/h4-8,13-14H,9-12,15-17H2,1-3H3,(H,26,31). The van der Waals surface area contributed by atoms with Crippen molar-refractivity contribution in [3.05, 3.63) is 76.4 Å². The number of hydrogen-bond donors (Lipinski definition) is 1. The molecule has 7 heteroatoms. The second kappa shape index (κ2) is 9.96. The van der Waals surface area contributed by atoms with Crippen LogP contribution in [0.3, 0.4) is 0 Å². The molecule has 0 fully saturated rings. The van der Waals surface area contributed by atoms with Crippen molar-refractivity contribution in [2.75, 3.05) is 19.7 Å². The molecule has 0 atom stereocenters. The van der Waals surface area contributed by atoms with E-state index in [2.05, 4.69) is 57.9 Å². The number of carbonyl (C=O) groups excluding carboxylic acids is 1. The van der Waals surface area contributed by atoms with Crippen LogP contribution >= 0.6 is 0 Å². The first-order valence-corrected chi connectivity index (χ1v) is 11.1. The Labute approximate surface area is 189 Å². The van der Waals surface area contributed by atoms with Crippen LogP contribution in [0.2, 0.25) is 0 Å². The lowest BCUT2D eigenvalue weighted by atomic mass is 10.0. The number of nitrogens with zero attached hydrogens (tertiary/aromatic N) is 4. The molecule has 0 radical (unpaired) electrons. The average molecular weight is 434 g/mol. The molecule has 4 rings (SSSR count). The van der Waals surface area contributed by atoms with E-state index in [0.717, 1.165) is 44.2 Å². The molecule has 1 aromatic heterocycles. The fourth-order valence-corrected chi connectivity index (χ4v) is 4.04. The minimum atomic E-state index is -0.174. The summed E-state index contributed by atoms with van der Waals surface area (Å²) in [5.41, 5.74) is 5.41. The average Bonchev–Trinajstić information content (AvgIpc) is 3.07. The normalized spacial score (nSPS) is 14.0. The van der Waals surface area contributed by atoms with Crippen LogP contribution < -0.4 is 10.1 Å². The molecule has 0 aliphatic carbocycles. The summed E-state index contributed by atoms with van der Waals surface area (Å²) in [5.74, 6) is 2.27. The summed E-state index contributed by atoms with van der Waals surface area (Å²) >= 11 is 0. The van der Waals surface area contributed by atoms with E-state index >= 15 is 0 Å². The maximum atomic E-state index is 12.2. The Bertz CT molecular complexity index is 1080. The van der Waals surface area contributed by atoms with E-state index in [9.17, 15) is 4.79 Å². The molecule has 0 unspecified atom stereocenters. The van der Waals surface area contributed by atoms with Gasteiger partial charge in [0.1, 0.15) is 11.6 Å². The smallest absolute Gasteiger partial charge is 0.258 e. The molecule has 1 amide bonds. The van der Waals surface area contributed by atoms with Crippen molar-refractivity contribution in [2.24, 2.45) is 0 Å². The number of aryl methyl sites for hydroxylation is 3. The summed E-state index contributed by atoms with van der Waals surface area (Å²) in [7, 11) is 0. The van der Waals surface area contributed by atoms with Crippen molar-refractivity contribution < 1.29 is 9.53 Å². The van der Waals surface area contributed by atoms with E-state index < -0.39 is 0 Å². The zero-order chi connectivity index (χ0) is 22.5. The summed E-state index contributed by atoms with van der Waals surface area (Å²) in [5, 5.41) is 11.6. The summed E-state index contributed by atoms with van der Waals surface area (Å²) in [4.78, 5) is 14.7. The van der Waals surface area contributed by atoms with Gasteiger partial charge in [-0.15, -0.1) is 10.2 Å². The maximum absolute atomic E-state index is 12.2. The van der Waals surface area contributed by atoms with Gasteiger partial charge in [-0.05, 0) is 55.2 Å². The number of aromatic nitrogens is 3. The molecule has 0 saturated heterocycles. The summed E-state index contributed by atoms with van der Waals surface area (Å²) in [6, 6.07) is 13.9. The van der Waals surface area contributed by atoms with Crippen LogP contribution in [-0.4, -0.2) is 45.3 Å². The first-order chi connectivity index (χ1) is 15.5. The Balaban J connectivity index is 1.31. The number of benzene rings is 2. The lowest BCUT2D eigenvalue weighted by molar-refractivity contribution is -0.123. The number of nitrogens with one attached hydrogen (secondary N) is 1. The highest BCUT2D eigenvalue weighted by Crippen LogP contribution is 2.19. The van der Waals surface area contributed by atoms with Gasteiger partial charge in [-0.2, -0.15) is 0 Å². The number of amides is 1. The minimum absolute atomic E-state index is 0.0197. The quantitative estimate of drug-likeness (QED) is 0.620. The second-order valence-corrected chi connectivity index (χ2v) is 8.45. The Morgan fingerprint density at radius 2 is 1.78 bits per heavy atom. The molecule has 168 valence electrons. The molecule has 3 aromatic rings. The van der Waals surface area contributed by atoms with Crippen LogP contribution in [0.1, 0.15) is 33.9 Å². The topological polar surface area (TPSA) is 72.3 Å². The van der Waals surface area contributed by atoms with Crippen molar-refractivity contribution in [1.82, 2.24) is 25.0 Å². The van der Waals surface area contributed by atoms with E-state index in [1.807, 2.05) is 30.3 Å². The molecule has 2 heterocycles. The lowest BCUT2D eigenvalue weighted by Gasteiger charge is -2.21. The van der Waals surface area contributed by atoms with Gasteiger partial charge in [-0.25, -0.2) is 0 Å². The summed E-state index contributed by atoms with van der Waals surface area (Å²) < 4.78 is 7.65. The van der Waals surface area contributed by atoms with Crippen LogP contribution in [0.4, 0.5) is 0 Å². The fourth-order valence-electron chi connectivity index (χ4n) is 4.04. The Kier molecular flexibility index (Phi) is 6.85. The second-order valence-electron chi connectivity index (χ2n) is 8.45. The van der Waals surface area contributed by atoms with Gasteiger partial charge in [0.2, 0.25) is 0 Å². The van der Waals surface area contributed by atoms with Gasteiger partial charge >= 0.3 is 0 Å². The van der Waals surface area contributed by atoms with Crippen molar-refractivity contribution in [1.29, 1.82) is 0 Å². The number of para-hydroxylation sites is 1. The third-order valence-electron chi connectivity index (χ3n) is 6.10. The highest BCUT2D eigenvalue weighted by molar-refractivity contribution is 5.77. The highest BCUT2D eigenvalue weighted by Gasteiger charge is 2.19. The molecule has 0 spiro atoms. The van der Waals surface area contributed by atoms with E-state index in [-0.39, 0.29) is 12.5 Å². The Morgan fingerprint density at radius 1 is 1.00 bits per heavy atom. The SMILES string of the molecule is Cc1cc(C)c(CN2CCc3nnc(CNC(=O)COc4ccccc4)n3CC2)cc1C. The largest absolute Gasteiger partial charge is 0.484 e. The first kappa shape index (κ1) is 22.0. The van der Waals surface area contributed by atoms with E-state index in [4.69, 9.17) is 4.74 Å². The summed E-state index contributed by atoms with van der Waals surface area (Å²) in [6.45, 7) is 10.5. The maximum Gasteiger partial charge on any atom is 0.258 e. The van der Waals surface area contributed by atoms with E-state index in [0.29, 0.717) is 12.3 Å². The highest BCUT2D eigenvalue weighted by atomic mass is 16.5. The molecule has 0 saturated carbocycles. The van der Waals surface area contributed by atoms with Gasteiger partial charge in [-0.3, -0.25) is 9.69 Å². The molecule has 0 bridgehead atoms. The molecule has 7 nitrogen and oxygen atoms in total. The van der Waals surface area contributed by atoms with Gasteiger partial charge in [0.15, 0.2) is 12.4 Å². The van der Waals surface area contributed by atoms with Crippen LogP contribution in [0.25, 0.3) is 0 Å². The number of carbonyl (C=O) groups is 1. The zero-order valence-electron chi connectivity index (χ0n) is 19.1. The Hall–Kier alpha value is -3.19. The number of hydrogen-bond acceptors (Lipinski definition) is 5. The van der Waals surface area contributed by atoms with Gasteiger partial charge in [0.25, 0.3) is 5.91 Å². The summed E-state index contributed by atoms with van der Waals surface area (Å²) in [6.07, 6.45) is 0.849.